The van der Waals surface area contributed by atoms with Gasteiger partial charge in [0.05, 0.1) is 0 Å². The highest BCUT2D eigenvalue weighted by molar-refractivity contribution is 5.00. The van der Waals surface area contributed by atoms with Crippen LogP contribution in [-0.2, 0) is 6.42 Å². The molecule has 9 heavy (non-hydrogen) atoms. The fourth-order valence-corrected chi connectivity index (χ4v) is 0.564. The summed E-state index contributed by atoms with van der Waals surface area (Å²) in [4.78, 5) is 16.4. The zero-order valence-corrected chi connectivity index (χ0v) is 5.22. The molecule has 0 saturated carbocycles. The van der Waals surface area contributed by atoms with Crippen molar-refractivity contribution in [2.75, 3.05) is 0 Å². The summed E-state index contributed by atoms with van der Waals surface area (Å²) in [5, 5.41) is 0. The van der Waals surface area contributed by atoms with Crippen molar-refractivity contribution >= 4 is 0 Å². The SMILES string of the molecule is CCc1cnc(=O)[nH]c1. The van der Waals surface area contributed by atoms with Crippen molar-refractivity contribution < 1.29 is 0 Å². The van der Waals surface area contributed by atoms with E-state index in [2.05, 4.69) is 9.97 Å². The third-order valence-corrected chi connectivity index (χ3v) is 1.14. The Labute approximate surface area is 52.8 Å². The second kappa shape index (κ2) is 2.44. The highest BCUT2D eigenvalue weighted by Gasteiger charge is 1.85. The van der Waals surface area contributed by atoms with Gasteiger partial charge in [-0.2, -0.15) is 0 Å². The zero-order valence-electron chi connectivity index (χ0n) is 5.22. The minimum absolute atomic E-state index is 0.285. The second-order valence-electron chi connectivity index (χ2n) is 1.78. The molecule has 0 aliphatic carbocycles. The van der Waals surface area contributed by atoms with Crippen LogP contribution in [0.1, 0.15) is 12.5 Å². The molecule has 0 saturated heterocycles. The molecule has 48 valence electrons. The van der Waals surface area contributed by atoms with Crippen LogP contribution < -0.4 is 5.69 Å². The van der Waals surface area contributed by atoms with Crippen LogP contribution in [0, 0.1) is 0 Å². The Kier molecular flexibility index (Phi) is 1.63. The number of aryl methyl sites for hydroxylation is 1. The van der Waals surface area contributed by atoms with E-state index in [1.807, 2.05) is 6.92 Å². The van der Waals surface area contributed by atoms with Crippen LogP contribution in [0.3, 0.4) is 0 Å². The number of nitrogens with one attached hydrogen (secondary N) is 1. The highest BCUT2D eigenvalue weighted by atomic mass is 16.1. The van der Waals surface area contributed by atoms with E-state index in [-0.39, 0.29) is 5.69 Å². The Bertz CT molecular complexity index is 221. The second-order valence-corrected chi connectivity index (χ2v) is 1.78. The molecule has 3 heteroatoms. The first-order valence-electron chi connectivity index (χ1n) is 2.86. The van der Waals surface area contributed by atoms with Gasteiger partial charge < -0.3 is 4.98 Å². The average molecular weight is 124 g/mol. The summed E-state index contributed by atoms with van der Waals surface area (Å²) >= 11 is 0. The van der Waals surface area contributed by atoms with Crippen LogP contribution >= 0.6 is 0 Å². The Hall–Kier alpha value is -1.12. The first kappa shape index (κ1) is 6.01. The topological polar surface area (TPSA) is 45.8 Å². The van der Waals surface area contributed by atoms with Crippen molar-refractivity contribution in [2.24, 2.45) is 0 Å². The van der Waals surface area contributed by atoms with E-state index in [0.717, 1.165) is 12.0 Å². The molecule has 1 aromatic rings. The van der Waals surface area contributed by atoms with E-state index in [4.69, 9.17) is 0 Å². The third-order valence-electron chi connectivity index (χ3n) is 1.14. The lowest BCUT2D eigenvalue weighted by molar-refractivity contribution is 0.999. The lowest BCUT2D eigenvalue weighted by atomic mass is 10.3. The van der Waals surface area contributed by atoms with Gasteiger partial charge in [0, 0.05) is 12.4 Å². The van der Waals surface area contributed by atoms with Crippen LogP contribution in [0.15, 0.2) is 17.2 Å². The monoisotopic (exact) mass is 124 g/mol. The maximum absolute atomic E-state index is 10.4. The normalized spacial score (nSPS) is 9.44. The lowest BCUT2D eigenvalue weighted by Crippen LogP contribution is -2.08. The zero-order chi connectivity index (χ0) is 6.69. The molecular weight excluding hydrogens is 116 g/mol. The predicted molar refractivity (Wildman–Crippen MR) is 34.2 cm³/mol. The Balaban J connectivity index is 3.02. The maximum Gasteiger partial charge on any atom is 0.344 e. The van der Waals surface area contributed by atoms with Gasteiger partial charge in [-0.3, -0.25) is 0 Å². The summed E-state index contributed by atoms with van der Waals surface area (Å²) in [7, 11) is 0. The van der Waals surface area contributed by atoms with E-state index in [1.165, 1.54) is 0 Å². The highest BCUT2D eigenvalue weighted by Crippen LogP contribution is 1.89. The number of hydrogen-bond acceptors (Lipinski definition) is 2. The number of hydrogen-bond donors (Lipinski definition) is 1. The predicted octanol–water partition coefficient (Wildman–Crippen LogP) is 0.332. The van der Waals surface area contributed by atoms with E-state index in [1.54, 1.807) is 12.4 Å². The Morgan fingerprint density at radius 2 is 2.56 bits per heavy atom. The van der Waals surface area contributed by atoms with Gasteiger partial charge in [-0.15, -0.1) is 0 Å². The maximum atomic E-state index is 10.4. The molecule has 0 aromatic carbocycles. The molecule has 0 amide bonds. The third kappa shape index (κ3) is 1.38. The van der Waals surface area contributed by atoms with Gasteiger partial charge >= 0.3 is 5.69 Å². The van der Waals surface area contributed by atoms with Crippen LogP contribution in [0.5, 0.6) is 0 Å². The molecule has 0 radical (unpaired) electrons. The molecular formula is C6H8N2O. The largest absolute Gasteiger partial charge is 0.344 e. The van der Waals surface area contributed by atoms with Gasteiger partial charge in [-0.25, -0.2) is 9.78 Å². The van der Waals surface area contributed by atoms with Crippen molar-refractivity contribution in [3.05, 3.63) is 28.4 Å². The molecule has 0 aliphatic heterocycles. The van der Waals surface area contributed by atoms with Crippen molar-refractivity contribution in [1.29, 1.82) is 0 Å². The van der Waals surface area contributed by atoms with Gasteiger partial charge in [0.1, 0.15) is 0 Å². The van der Waals surface area contributed by atoms with Crippen molar-refractivity contribution in [3.8, 4) is 0 Å². The molecule has 0 fully saturated rings. The van der Waals surface area contributed by atoms with Gasteiger partial charge in [0.2, 0.25) is 0 Å². The van der Waals surface area contributed by atoms with Crippen molar-refractivity contribution in [1.82, 2.24) is 9.97 Å². The van der Waals surface area contributed by atoms with E-state index in [0.29, 0.717) is 0 Å². The number of nitrogens with zero attached hydrogens (tertiary/aromatic N) is 1. The van der Waals surface area contributed by atoms with E-state index >= 15 is 0 Å². The summed E-state index contributed by atoms with van der Waals surface area (Å²) < 4.78 is 0. The van der Waals surface area contributed by atoms with Gasteiger partial charge in [0.25, 0.3) is 0 Å². The Morgan fingerprint density at radius 1 is 1.78 bits per heavy atom. The fourth-order valence-electron chi connectivity index (χ4n) is 0.564. The van der Waals surface area contributed by atoms with Crippen molar-refractivity contribution in [3.63, 3.8) is 0 Å². The number of aromatic nitrogens is 2. The average Bonchev–Trinajstić information content (AvgIpc) is 1.90. The molecule has 3 nitrogen and oxygen atoms in total. The molecule has 0 aliphatic rings. The quantitative estimate of drug-likeness (QED) is 0.586. The standard InChI is InChI=1S/C6H8N2O/c1-2-5-3-7-6(9)8-4-5/h3-4H,2H2,1H3,(H,7,8,9). The summed E-state index contributed by atoms with van der Waals surface area (Å²) in [6, 6.07) is 0. The molecule has 0 bridgehead atoms. The van der Waals surface area contributed by atoms with Gasteiger partial charge in [-0.05, 0) is 12.0 Å². The van der Waals surface area contributed by atoms with Crippen LogP contribution in [0.2, 0.25) is 0 Å². The lowest BCUT2D eigenvalue weighted by Gasteiger charge is -1.89. The molecule has 0 atom stereocenters. The van der Waals surface area contributed by atoms with Crippen LogP contribution in [-0.4, -0.2) is 9.97 Å². The Morgan fingerprint density at radius 3 is 3.00 bits per heavy atom. The van der Waals surface area contributed by atoms with E-state index < -0.39 is 0 Å². The van der Waals surface area contributed by atoms with Gasteiger partial charge in [0.15, 0.2) is 0 Å². The molecule has 1 N–H and O–H groups in total. The molecule has 0 unspecified atom stereocenters. The number of rotatable bonds is 1. The van der Waals surface area contributed by atoms with Crippen LogP contribution in [0.4, 0.5) is 0 Å². The molecule has 1 aromatic heterocycles. The minimum atomic E-state index is -0.285. The molecule has 1 rings (SSSR count). The molecule has 1 heterocycles. The minimum Gasteiger partial charge on any atom is -0.312 e. The summed E-state index contributed by atoms with van der Waals surface area (Å²) in [5.41, 5.74) is 0.766. The van der Waals surface area contributed by atoms with Gasteiger partial charge in [-0.1, -0.05) is 6.92 Å². The first-order chi connectivity index (χ1) is 4.33. The fraction of sp³-hybridized carbons (Fsp3) is 0.333. The molecule has 0 spiro atoms. The number of H-pyrrole nitrogens is 1. The first-order valence-corrected chi connectivity index (χ1v) is 2.86. The summed E-state index contributed by atoms with van der Waals surface area (Å²) in [6.45, 7) is 2.01. The smallest absolute Gasteiger partial charge is 0.312 e. The summed E-state index contributed by atoms with van der Waals surface area (Å²) in [6.07, 6.45) is 4.16. The van der Waals surface area contributed by atoms with Crippen molar-refractivity contribution in [2.45, 2.75) is 13.3 Å². The summed E-state index contributed by atoms with van der Waals surface area (Å²) in [5.74, 6) is 0. The van der Waals surface area contributed by atoms with E-state index in [9.17, 15) is 4.79 Å². The number of aromatic amines is 1. The van der Waals surface area contributed by atoms with Crippen LogP contribution in [0.25, 0.3) is 0 Å².